The van der Waals surface area contributed by atoms with E-state index in [1.54, 1.807) is 0 Å². The average Bonchev–Trinajstić information content (AvgIpc) is 2.68. The summed E-state index contributed by atoms with van der Waals surface area (Å²) in [5.41, 5.74) is 5.87. The number of nitrogens with one attached hydrogen (secondary N) is 1. The number of hydrogen-bond donors (Lipinski definition) is 2. The predicted molar refractivity (Wildman–Crippen MR) is 76.3 cm³/mol. The molecule has 0 saturated heterocycles. The normalized spacial score (nSPS) is 12.1. The molecular weight excluding hydrogens is 284 g/mol. The molecule has 0 radical (unpaired) electrons. The summed E-state index contributed by atoms with van der Waals surface area (Å²) in [6, 6.07) is 0. The second-order valence-corrected chi connectivity index (χ2v) is 6.29. The monoisotopic (exact) mass is 306 g/mol. The molecule has 0 aliphatic heterocycles. The number of anilines is 2. The van der Waals surface area contributed by atoms with E-state index in [1.165, 1.54) is 18.9 Å². The van der Waals surface area contributed by atoms with Crippen LogP contribution in [0.5, 0.6) is 0 Å². The summed E-state index contributed by atoms with van der Waals surface area (Å²) in [5, 5.41) is 7.10. The molecule has 116 valence electrons. The van der Waals surface area contributed by atoms with Crippen molar-refractivity contribution in [3.63, 3.8) is 0 Å². The van der Waals surface area contributed by atoms with Crippen molar-refractivity contribution in [2.24, 2.45) is 0 Å². The molecule has 1 aromatic heterocycles. The van der Waals surface area contributed by atoms with Gasteiger partial charge in [0.2, 0.25) is 0 Å². The van der Waals surface area contributed by atoms with Crippen molar-refractivity contribution in [1.82, 2.24) is 9.78 Å². The SMILES string of the molecule is CCCn1nc(NCC(OC)OC)c(S(C)(=O)=O)c1N. The lowest BCUT2D eigenvalue weighted by Gasteiger charge is -2.14. The maximum absolute atomic E-state index is 11.8. The van der Waals surface area contributed by atoms with E-state index >= 15 is 0 Å². The molecular formula is C11H22N4O4S. The van der Waals surface area contributed by atoms with E-state index in [0.29, 0.717) is 6.54 Å². The fourth-order valence-electron chi connectivity index (χ4n) is 1.76. The molecule has 0 aromatic carbocycles. The summed E-state index contributed by atoms with van der Waals surface area (Å²) in [4.78, 5) is 0.0110. The molecule has 8 nitrogen and oxygen atoms in total. The van der Waals surface area contributed by atoms with Gasteiger partial charge in [-0.3, -0.25) is 0 Å². The number of ether oxygens (including phenoxy) is 2. The van der Waals surface area contributed by atoms with Crippen LogP contribution in [-0.2, 0) is 25.9 Å². The molecule has 0 spiro atoms. The van der Waals surface area contributed by atoms with Gasteiger partial charge >= 0.3 is 0 Å². The third kappa shape index (κ3) is 3.84. The Labute approximate surface area is 119 Å². The molecule has 0 amide bonds. The van der Waals surface area contributed by atoms with Gasteiger partial charge in [-0.1, -0.05) is 6.92 Å². The van der Waals surface area contributed by atoms with Crippen molar-refractivity contribution >= 4 is 21.5 Å². The van der Waals surface area contributed by atoms with Gasteiger partial charge in [0.25, 0.3) is 0 Å². The van der Waals surface area contributed by atoms with E-state index in [4.69, 9.17) is 15.2 Å². The highest BCUT2D eigenvalue weighted by Crippen LogP contribution is 2.27. The third-order valence-corrected chi connectivity index (χ3v) is 3.86. The topological polar surface area (TPSA) is 108 Å². The van der Waals surface area contributed by atoms with Gasteiger partial charge in [-0.2, -0.15) is 5.10 Å². The third-order valence-electron chi connectivity index (χ3n) is 2.71. The van der Waals surface area contributed by atoms with Crippen molar-refractivity contribution in [2.45, 2.75) is 31.1 Å². The fraction of sp³-hybridized carbons (Fsp3) is 0.727. The van der Waals surface area contributed by atoms with Crippen LogP contribution in [-0.4, -0.2) is 51.5 Å². The van der Waals surface area contributed by atoms with Crippen LogP contribution in [0.25, 0.3) is 0 Å². The molecule has 0 aliphatic rings. The number of sulfone groups is 1. The van der Waals surface area contributed by atoms with Gasteiger partial charge in [-0.25, -0.2) is 13.1 Å². The molecule has 1 aromatic rings. The van der Waals surface area contributed by atoms with Crippen LogP contribution >= 0.6 is 0 Å². The van der Waals surface area contributed by atoms with Crippen LogP contribution in [0.1, 0.15) is 13.3 Å². The largest absolute Gasteiger partial charge is 0.383 e. The van der Waals surface area contributed by atoms with Gasteiger partial charge in [0, 0.05) is 27.0 Å². The van der Waals surface area contributed by atoms with Crippen LogP contribution in [0.2, 0.25) is 0 Å². The number of hydrogen-bond acceptors (Lipinski definition) is 7. The van der Waals surface area contributed by atoms with Crippen LogP contribution < -0.4 is 11.1 Å². The number of nitrogens with two attached hydrogens (primary N) is 1. The molecule has 0 unspecified atom stereocenters. The van der Waals surface area contributed by atoms with Crippen molar-refractivity contribution in [1.29, 1.82) is 0 Å². The number of aromatic nitrogens is 2. The van der Waals surface area contributed by atoms with E-state index < -0.39 is 16.1 Å². The maximum Gasteiger partial charge on any atom is 0.182 e. The number of rotatable bonds is 8. The Kier molecular flexibility index (Phi) is 5.78. The van der Waals surface area contributed by atoms with Gasteiger partial charge in [0.1, 0.15) is 5.82 Å². The second-order valence-electron chi connectivity index (χ2n) is 4.34. The smallest absolute Gasteiger partial charge is 0.182 e. The molecule has 3 N–H and O–H groups in total. The fourth-order valence-corrected chi connectivity index (χ4v) is 2.71. The Morgan fingerprint density at radius 1 is 1.40 bits per heavy atom. The molecule has 1 rings (SSSR count). The van der Waals surface area contributed by atoms with Gasteiger partial charge < -0.3 is 20.5 Å². The van der Waals surface area contributed by atoms with Crippen LogP contribution in [0.4, 0.5) is 11.6 Å². The molecule has 9 heteroatoms. The summed E-state index contributed by atoms with van der Waals surface area (Å²) in [7, 11) is -0.481. The quantitative estimate of drug-likeness (QED) is 0.665. The zero-order valence-corrected chi connectivity index (χ0v) is 13.0. The maximum atomic E-state index is 11.8. The zero-order chi connectivity index (χ0) is 15.3. The van der Waals surface area contributed by atoms with E-state index in [9.17, 15) is 8.42 Å². The lowest BCUT2D eigenvalue weighted by molar-refractivity contribution is -0.0914. The van der Waals surface area contributed by atoms with Crippen molar-refractivity contribution in [3.8, 4) is 0 Å². The van der Waals surface area contributed by atoms with E-state index in [1.807, 2.05) is 6.92 Å². The Balaban J connectivity index is 3.08. The summed E-state index contributed by atoms with van der Waals surface area (Å²) in [5.74, 6) is 0.362. The zero-order valence-electron chi connectivity index (χ0n) is 12.2. The molecule has 0 fully saturated rings. The Morgan fingerprint density at radius 3 is 2.45 bits per heavy atom. The van der Waals surface area contributed by atoms with Gasteiger partial charge in [-0.05, 0) is 6.42 Å². The molecule has 0 aliphatic carbocycles. The highest BCUT2D eigenvalue weighted by molar-refractivity contribution is 7.91. The van der Waals surface area contributed by atoms with E-state index in [-0.39, 0.29) is 23.1 Å². The molecule has 0 saturated carbocycles. The van der Waals surface area contributed by atoms with Crippen LogP contribution in [0, 0.1) is 0 Å². The second kappa shape index (κ2) is 6.91. The Bertz CT molecular complexity index is 537. The Hall–Kier alpha value is -1.32. The number of methoxy groups -OCH3 is 2. The van der Waals surface area contributed by atoms with Crippen LogP contribution in [0.3, 0.4) is 0 Å². The highest BCUT2D eigenvalue weighted by Gasteiger charge is 2.24. The summed E-state index contributed by atoms with van der Waals surface area (Å²) in [6.45, 7) is 2.77. The molecule has 20 heavy (non-hydrogen) atoms. The van der Waals surface area contributed by atoms with E-state index in [2.05, 4.69) is 10.4 Å². The van der Waals surface area contributed by atoms with Crippen molar-refractivity contribution in [3.05, 3.63) is 0 Å². The van der Waals surface area contributed by atoms with Gasteiger partial charge in [0.15, 0.2) is 26.8 Å². The summed E-state index contributed by atoms with van der Waals surface area (Å²) < 4.78 is 35.2. The van der Waals surface area contributed by atoms with Crippen molar-refractivity contribution in [2.75, 3.05) is 38.1 Å². The summed E-state index contributed by atoms with van der Waals surface area (Å²) >= 11 is 0. The van der Waals surface area contributed by atoms with Crippen molar-refractivity contribution < 1.29 is 17.9 Å². The van der Waals surface area contributed by atoms with Crippen LogP contribution in [0.15, 0.2) is 4.90 Å². The first-order valence-corrected chi connectivity index (χ1v) is 8.10. The number of nitrogen functional groups attached to an aromatic ring is 1. The van der Waals surface area contributed by atoms with Gasteiger partial charge in [0.05, 0.1) is 6.54 Å². The molecule has 0 atom stereocenters. The lowest BCUT2D eigenvalue weighted by Crippen LogP contribution is -2.24. The first kappa shape index (κ1) is 16.7. The minimum Gasteiger partial charge on any atom is -0.383 e. The number of aryl methyl sites for hydroxylation is 1. The molecule has 1 heterocycles. The Morgan fingerprint density at radius 2 is 2.00 bits per heavy atom. The standard InChI is InChI=1S/C11H22N4O4S/c1-5-6-15-10(12)9(20(4,16)17)11(14-15)13-7-8(18-2)19-3/h8H,5-7,12H2,1-4H3,(H,13,14). The summed E-state index contributed by atoms with van der Waals surface area (Å²) in [6.07, 6.45) is 1.40. The highest BCUT2D eigenvalue weighted by atomic mass is 32.2. The molecule has 0 bridgehead atoms. The van der Waals surface area contributed by atoms with Gasteiger partial charge in [-0.15, -0.1) is 0 Å². The first-order valence-electron chi connectivity index (χ1n) is 6.20. The number of nitrogens with zero attached hydrogens (tertiary/aromatic N) is 2. The lowest BCUT2D eigenvalue weighted by atomic mass is 10.5. The predicted octanol–water partition coefficient (Wildman–Crippen LogP) is 0.310. The minimum atomic E-state index is -3.48. The first-order chi connectivity index (χ1) is 9.35. The van der Waals surface area contributed by atoms with E-state index in [0.717, 1.165) is 12.7 Å². The average molecular weight is 306 g/mol. The minimum absolute atomic E-state index is 0.0110.